The lowest BCUT2D eigenvalue weighted by Gasteiger charge is -2.20. The van der Waals surface area contributed by atoms with Gasteiger partial charge in [-0.25, -0.2) is 0 Å². The Bertz CT molecular complexity index is 510. The molecule has 0 unspecified atom stereocenters. The van der Waals surface area contributed by atoms with Crippen molar-refractivity contribution in [3.63, 3.8) is 0 Å². The van der Waals surface area contributed by atoms with E-state index in [0.29, 0.717) is 32.0 Å². The average molecular weight is 279 g/mol. The Morgan fingerprint density at radius 1 is 1.40 bits per heavy atom. The molecule has 108 valence electrons. The van der Waals surface area contributed by atoms with Crippen LogP contribution in [-0.4, -0.2) is 49.1 Å². The number of anilines is 1. The van der Waals surface area contributed by atoms with Gasteiger partial charge in [-0.3, -0.25) is 14.9 Å². The van der Waals surface area contributed by atoms with Gasteiger partial charge in [0.1, 0.15) is 11.3 Å². The molecular formula is C13H17N3O4. The Hall–Kier alpha value is -2.15. The van der Waals surface area contributed by atoms with Crippen LogP contribution in [0, 0.1) is 10.1 Å². The monoisotopic (exact) mass is 279 g/mol. The third-order valence-electron chi connectivity index (χ3n) is 3.23. The molecule has 1 aromatic carbocycles. The number of hydrogen-bond donors (Lipinski definition) is 1. The number of amides is 1. The summed E-state index contributed by atoms with van der Waals surface area (Å²) >= 11 is 0. The van der Waals surface area contributed by atoms with E-state index in [1.54, 1.807) is 24.1 Å². The fourth-order valence-electron chi connectivity index (χ4n) is 2.23. The van der Waals surface area contributed by atoms with E-state index in [2.05, 4.69) is 5.32 Å². The third kappa shape index (κ3) is 2.88. The second-order valence-corrected chi connectivity index (χ2v) is 4.47. The van der Waals surface area contributed by atoms with E-state index in [4.69, 9.17) is 4.74 Å². The number of rotatable bonds is 3. The number of carbonyl (C=O) groups is 1. The van der Waals surface area contributed by atoms with Gasteiger partial charge in [-0.1, -0.05) is 6.07 Å². The van der Waals surface area contributed by atoms with Crippen molar-refractivity contribution in [1.82, 2.24) is 4.90 Å². The normalized spacial score (nSPS) is 15.6. The van der Waals surface area contributed by atoms with Gasteiger partial charge in [-0.2, -0.15) is 0 Å². The minimum atomic E-state index is -0.520. The molecule has 0 aromatic heterocycles. The largest absolute Gasteiger partial charge is 0.383 e. The van der Waals surface area contributed by atoms with E-state index in [0.717, 1.165) is 6.42 Å². The van der Waals surface area contributed by atoms with Crippen LogP contribution in [0.4, 0.5) is 11.4 Å². The fourth-order valence-corrected chi connectivity index (χ4v) is 2.23. The van der Waals surface area contributed by atoms with Crippen LogP contribution < -0.4 is 5.32 Å². The van der Waals surface area contributed by atoms with Crippen LogP contribution in [0.25, 0.3) is 0 Å². The van der Waals surface area contributed by atoms with Crippen molar-refractivity contribution in [2.24, 2.45) is 0 Å². The first-order chi connectivity index (χ1) is 9.65. The average Bonchev–Trinajstić information content (AvgIpc) is 2.74. The quantitative estimate of drug-likeness (QED) is 0.669. The first-order valence-electron chi connectivity index (χ1n) is 6.47. The van der Waals surface area contributed by atoms with Crippen LogP contribution in [0.1, 0.15) is 16.8 Å². The lowest BCUT2D eigenvalue weighted by atomic mass is 10.1. The van der Waals surface area contributed by atoms with Crippen LogP contribution in [-0.2, 0) is 4.74 Å². The maximum absolute atomic E-state index is 12.5. The van der Waals surface area contributed by atoms with Gasteiger partial charge < -0.3 is 15.0 Å². The highest BCUT2D eigenvalue weighted by molar-refractivity contribution is 6.00. The minimum absolute atomic E-state index is 0.115. The molecule has 0 aliphatic carbocycles. The summed E-state index contributed by atoms with van der Waals surface area (Å²) in [6.07, 6.45) is 0.741. The molecule has 1 heterocycles. The second kappa shape index (κ2) is 6.33. The number of hydrogen-bond acceptors (Lipinski definition) is 5. The Balaban J connectivity index is 2.35. The molecule has 0 atom stereocenters. The first kappa shape index (κ1) is 14.3. The molecule has 0 bridgehead atoms. The summed E-state index contributed by atoms with van der Waals surface area (Å²) in [5.74, 6) is -0.320. The van der Waals surface area contributed by atoms with Crippen molar-refractivity contribution in [3.8, 4) is 0 Å². The smallest absolute Gasteiger partial charge is 0.305 e. The van der Waals surface area contributed by atoms with Gasteiger partial charge in [0.15, 0.2) is 0 Å². The predicted octanol–water partition coefficient (Wildman–Crippen LogP) is 1.50. The van der Waals surface area contributed by atoms with Gasteiger partial charge in [-0.15, -0.1) is 0 Å². The summed E-state index contributed by atoms with van der Waals surface area (Å²) in [4.78, 5) is 24.8. The van der Waals surface area contributed by atoms with Crippen LogP contribution in [0.5, 0.6) is 0 Å². The SMILES string of the molecule is CNc1cccc(C(=O)N2CCCOCC2)c1[N+](=O)[O-]. The molecule has 0 spiro atoms. The fraction of sp³-hybridized carbons (Fsp3) is 0.462. The number of carbonyl (C=O) groups excluding carboxylic acids is 1. The number of nitrogens with zero attached hydrogens (tertiary/aromatic N) is 2. The van der Waals surface area contributed by atoms with E-state index < -0.39 is 4.92 Å². The van der Waals surface area contributed by atoms with Crippen molar-refractivity contribution in [2.75, 3.05) is 38.7 Å². The van der Waals surface area contributed by atoms with Gasteiger partial charge in [-0.05, 0) is 18.6 Å². The van der Waals surface area contributed by atoms with Crippen LogP contribution in [0.2, 0.25) is 0 Å². The number of nitrogens with one attached hydrogen (secondary N) is 1. The molecule has 1 N–H and O–H groups in total. The van der Waals surface area contributed by atoms with Crippen molar-refractivity contribution in [2.45, 2.75) is 6.42 Å². The molecule has 1 aromatic rings. The molecule has 0 radical (unpaired) electrons. The van der Waals surface area contributed by atoms with Gasteiger partial charge in [0.05, 0.1) is 11.5 Å². The molecule has 1 fully saturated rings. The molecule has 1 aliphatic heterocycles. The third-order valence-corrected chi connectivity index (χ3v) is 3.23. The zero-order chi connectivity index (χ0) is 14.5. The molecule has 2 rings (SSSR count). The second-order valence-electron chi connectivity index (χ2n) is 4.47. The summed E-state index contributed by atoms with van der Waals surface area (Å²) in [6, 6.07) is 4.72. The predicted molar refractivity (Wildman–Crippen MR) is 74.0 cm³/mol. The molecule has 7 nitrogen and oxygen atoms in total. The molecule has 1 saturated heterocycles. The number of nitro groups is 1. The molecule has 1 amide bonds. The Kier molecular flexibility index (Phi) is 4.52. The summed E-state index contributed by atoms with van der Waals surface area (Å²) in [6.45, 7) is 2.09. The van der Waals surface area contributed by atoms with Gasteiger partial charge in [0, 0.05) is 26.7 Å². The van der Waals surface area contributed by atoms with Gasteiger partial charge in [0.25, 0.3) is 5.91 Å². The topological polar surface area (TPSA) is 84.7 Å². The van der Waals surface area contributed by atoms with Crippen molar-refractivity contribution in [1.29, 1.82) is 0 Å². The number of para-hydroxylation sites is 1. The van der Waals surface area contributed by atoms with Gasteiger partial charge in [0.2, 0.25) is 0 Å². The van der Waals surface area contributed by atoms with Crippen LogP contribution in [0.15, 0.2) is 18.2 Å². The zero-order valence-electron chi connectivity index (χ0n) is 11.3. The Morgan fingerprint density at radius 2 is 2.20 bits per heavy atom. The molecular weight excluding hydrogens is 262 g/mol. The van der Waals surface area contributed by atoms with Crippen LogP contribution >= 0.6 is 0 Å². The van der Waals surface area contributed by atoms with E-state index in [9.17, 15) is 14.9 Å². The summed E-state index contributed by atoms with van der Waals surface area (Å²) in [5, 5.41) is 14.0. The van der Waals surface area contributed by atoms with E-state index in [1.807, 2.05) is 0 Å². The first-order valence-corrected chi connectivity index (χ1v) is 6.47. The standard InChI is InChI=1S/C13H17N3O4/c1-14-11-5-2-4-10(12(11)16(18)19)13(17)15-6-3-8-20-9-7-15/h2,4-5,14H,3,6-9H2,1H3. The summed E-state index contributed by atoms with van der Waals surface area (Å²) in [5.41, 5.74) is 0.279. The zero-order valence-corrected chi connectivity index (χ0v) is 11.3. The van der Waals surface area contributed by atoms with E-state index in [-0.39, 0.29) is 17.2 Å². The molecule has 20 heavy (non-hydrogen) atoms. The van der Waals surface area contributed by atoms with Crippen LogP contribution in [0.3, 0.4) is 0 Å². The lowest BCUT2D eigenvalue weighted by molar-refractivity contribution is -0.384. The van der Waals surface area contributed by atoms with Crippen molar-refractivity contribution in [3.05, 3.63) is 33.9 Å². The highest BCUT2D eigenvalue weighted by atomic mass is 16.6. The van der Waals surface area contributed by atoms with E-state index in [1.165, 1.54) is 6.07 Å². The van der Waals surface area contributed by atoms with Crippen molar-refractivity contribution < 1.29 is 14.5 Å². The highest BCUT2D eigenvalue weighted by Crippen LogP contribution is 2.29. The summed E-state index contributed by atoms with van der Waals surface area (Å²) < 4.78 is 5.29. The number of ether oxygens (including phenoxy) is 1. The summed E-state index contributed by atoms with van der Waals surface area (Å²) in [7, 11) is 1.59. The minimum Gasteiger partial charge on any atom is -0.383 e. The Labute approximate surface area is 116 Å². The molecule has 1 aliphatic rings. The van der Waals surface area contributed by atoms with E-state index >= 15 is 0 Å². The molecule has 7 heteroatoms. The maximum atomic E-state index is 12.5. The van der Waals surface area contributed by atoms with Gasteiger partial charge >= 0.3 is 5.69 Å². The number of benzene rings is 1. The number of nitro benzene ring substituents is 1. The van der Waals surface area contributed by atoms with Crippen molar-refractivity contribution >= 4 is 17.3 Å². The highest BCUT2D eigenvalue weighted by Gasteiger charge is 2.27. The lowest BCUT2D eigenvalue weighted by Crippen LogP contribution is -2.33. The molecule has 0 saturated carbocycles. The maximum Gasteiger partial charge on any atom is 0.305 e. The Morgan fingerprint density at radius 3 is 2.90 bits per heavy atom.